The molecule has 0 bridgehead atoms. The normalized spacial score (nSPS) is 15.6. The van der Waals surface area contributed by atoms with E-state index in [1.165, 1.54) is 25.3 Å². The van der Waals surface area contributed by atoms with Crippen molar-refractivity contribution in [1.29, 1.82) is 0 Å². The first-order valence-corrected chi connectivity index (χ1v) is 14.6. The number of ether oxygens (including phenoxy) is 1. The standard InChI is InChI=1S/C35H31FN6O3/c1-45-33(43)16-7-23-3-5-24(6-4-23)21-38-35(44)32-19-28(22-37-31-20-30(31)25-8-12-27(36)13-9-25)40-34(41-32)26-10-14-29(15-11-26)42-18-2-17-39-42/h2-19,30-31,37H,20-22H2,1H3,(H,38,44)/b16-7+/t30-,31+/m0/s1. The molecule has 1 amide bonds. The largest absolute Gasteiger partial charge is 0.466 e. The molecule has 1 saturated carbocycles. The first-order chi connectivity index (χ1) is 21.9. The van der Waals surface area contributed by atoms with Gasteiger partial charge in [0.15, 0.2) is 5.82 Å². The van der Waals surface area contributed by atoms with Gasteiger partial charge < -0.3 is 15.4 Å². The fourth-order valence-corrected chi connectivity index (χ4v) is 5.00. The van der Waals surface area contributed by atoms with E-state index in [0.717, 1.165) is 34.4 Å². The molecule has 1 fully saturated rings. The average Bonchev–Trinajstić information content (AvgIpc) is 3.64. The van der Waals surface area contributed by atoms with Crippen LogP contribution in [0.2, 0.25) is 0 Å². The number of amides is 1. The molecular formula is C35H31FN6O3. The summed E-state index contributed by atoms with van der Waals surface area (Å²) in [5, 5.41) is 10.8. The van der Waals surface area contributed by atoms with Crippen LogP contribution in [0.4, 0.5) is 4.39 Å². The van der Waals surface area contributed by atoms with Crippen LogP contribution < -0.4 is 10.6 Å². The van der Waals surface area contributed by atoms with Gasteiger partial charge in [0.1, 0.15) is 11.5 Å². The van der Waals surface area contributed by atoms with Gasteiger partial charge in [0, 0.05) is 49.1 Å². The van der Waals surface area contributed by atoms with Gasteiger partial charge in [-0.05, 0) is 77.7 Å². The smallest absolute Gasteiger partial charge is 0.330 e. The van der Waals surface area contributed by atoms with Crippen molar-refractivity contribution in [3.05, 3.63) is 137 Å². The Morgan fingerprint density at radius 1 is 1.00 bits per heavy atom. The molecule has 0 aliphatic heterocycles. The SMILES string of the molecule is COC(=O)/C=C/c1ccc(CNC(=O)c2cc(CN[C@@H]3C[C@H]3c3ccc(F)cc3)nc(-c3ccc(-n4cccn4)cc3)n2)cc1. The molecule has 0 spiro atoms. The summed E-state index contributed by atoms with van der Waals surface area (Å²) in [6.07, 6.45) is 7.55. The number of benzene rings is 3. The van der Waals surface area contributed by atoms with Crippen molar-refractivity contribution in [2.75, 3.05) is 7.11 Å². The fraction of sp³-hybridized carbons (Fsp3) is 0.171. The van der Waals surface area contributed by atoms with Crippen molar-refractivity contribution in [2.45, 2.75) is 31.5 Å². The fourth-order valence-electron chi connectivity index (χ4n) is 5.00. The van der Waals surface area contributed by atoms with E-state index in [4.69, 9.17) is 4.98 Å². The van der Waals surface area contributed by atoms with Crippen LogP contribution in [-0.2, 0) is 22.6 Å². The van der Waals surface area contributed by atoms with Gasteiger partial charge in [-0.25, -0.2) is 23.8 Å². The number of aromatic nitrogens is 4. The molecule has 2 atom stereocenters. The Kier molecular flexibility index (Phi) is 8.84. The number of rotatable bonds is 11. The van der Waals surface area contributed by atoms with E-state index in [1.807, 2.05) is 72.9 Å². The molecule has 0 unspecified atom stereocenters. The van der Waals surface area contributed by atoms with Crippen LogP contribution in [-0.4, -0.2) is 44.8 Å². The summed E-state index contributed by atoms with van der Waals surface area (Å²) in [6.45, 7) is 0.747. The van der Waals surface area contributed by atoms with Gasteiger partial charge in [-0.2, -0.15) is 5.10 Å². The molecule has 6 rings (SSSR count). The third-order valence-electron chi connectivity index (χ3n) is 7.59. The Balaban J connectivity index is 1.17. The Labute approximate surface area is 259 Å². The molecule has 226 valence electrons. The van der Waals surface area contributed by atoms with E-state index in [0.29, 0.717) is 30.5 Å². The quantitative estimate of drug-likeness (QED) is 0.157. The zero-order valence-electron chi connectivity index (χ0n) is 24.6. The van der Waals surface area contributed by atoms with E-state index in [-0.39, 0.29) is 23.5 Å². The molecule has 1 aliphatic rings. The van der Waals surface area contributed by atoms with Gasteiger partial charge in [-0.15, -0.1) is 0 Å². The number of nitrogens with zero attached hydrogens (tertiary/aromatic N) is 4. The maximum absolute atomic E-state index is 13.4. The number of esters is 1. The minimum atomic E-state index is -0.427. The monoisotopic (exact) mass is 602 g/mol. The minimum absolute atomic E-state index is 0.241. The number of nitrogens with one attached hydrogen (secondary N) is 2. The Hall–Kier alpha value is -5.48. The molecule has 2 aromatic heterocycles. The zero-order valence-corrected chi connectivity index (χ0v) is 24.6. The molecule has 5 aromatic rings. The number of hydrogen-bond donors (Lipinski definition) is 2. The van der Waals surface area contributed by atoms with E-state index in [1.54, 1.807) is 23.0 Å². The van der Waals surface area contributed by atoms with E-state index in [9.17, 15) is 14.0 Å². The summed E-state index contributed by atoms with van der Waals surface area (Å²) < 4.78 is 19.7. The number of hydrogen-bond acceptors (Lipinski definition) is 7. The lowest BCUT2D eigenvalue weighted by atomic mass is 10.1. The molecule has 1 aliphatic carbocycles. The lowest BCUT2D eigenvalue weighted by Crippen LogP contribution is -2.25. The van der Waals surface area contributed by atoms with Crippen molar-refractivity contribution in [1.82, 2.24) is 30.4 Å². The Morgan fingerprint density at radius 3 is 2.49 bits per heavy atom. The molecule has 0 saturated heterocycles. The summed E-state index contributed by atoms with van der Waals surface area (Å²) in [7, 11) is 1.33. The van der Waals surface area contributed by atoms with E-state index in [2.05, 4.69) is 25.5 Å². The first kappa shape index (κ1) is 29.6. The summed E-state index contributed by atoms with van der Waals surface area (Å²) >= 11 is 0. The van der Waals surface area contributed by atoms with Crippen molar-refractivity contribution in [2.24, 2.45) is 0 Å². The summed E-state index contributed by atoms with van der Waals surface area (Å²) in [5.41, 5.74) is 5.44. The van der Waals surface area contributed by atoms with E-state index >= 15 is 0 Å². The molecule has 9 nitrogen and oxygen atoms in total. The maximum Gasteiger partial charge on any atom is 0.330 e. The lowest BCUT2D eigenvalue weighted by Gasteiger charge is -2.11. The second-order valence-electron chi connectivity index (χ2n) is 10.7. The third-order valence-corrected chi connectivity index (χ3v) is 7.59. The van der Waals surface area contributed by atoms with Crippen LogP contribution in [0, 0.1) is 5.82 Å². The number of carbonyl (C=O) groups excluding carboxylic acids is 2. The van der Waals surface area contributed by atoms with Gasteiger partial charge in [-0.1, -0.05) is 36.4 Å². The van der Waals surface area contributed by atoms with Crippen LogP contribution in [0.25, 0.3) is 23.2 Å². The highest BCUT2D eigenvalue weighted by atomic mass is 19.1. The predicted octanol–water partition coefficient (Wildman–Crippen LogP) is 5.23. The molecule has 2 heterocycles. The van der Waals surface area contributed by atoms with Gasteiger partial charge in [-0.3, -0.25) is 4.79 Å². The van der Waals surface area contributed by atoms with Crippen LogP contribution in [0.15, 0.2) is 103 Å². The van der Waals surface area contributed by atoms with Crippen LogP contribution in [0.5, 0.6) is 0 Å². The predicted molar refractivity (Wildman–Crippen MR) is 168 cm³/mol. The molecule has 10 heteroatoms. The summed E-state index contributed by atoms with van der Waals surface area (Å²) in [5.74, 6) is -0.237. The van der Waals surface area contributed by atoms with Crippen LogP contribution in [0.3, 0.4) is 0 Å². The summed E-state index contributed by atoms with van der Waals surface area (Å²) in [4.78, 5) is 34.1. The topological polar surface area (TPSA) is 111 Å². The molecule has 45 heavy (non-hydrogen) atoms. The number of methoxy groups -OCH3 is 1. The number of carbonyl (C=O) groups is 2. The van der Waals surface area contributed by atoms with Crippen LogP contribution in [0.1, 0.15) is 45.2 Å². The first-order valence-electron chi connectivity index (χ1n) is 14.6. The summed E-state index contributed by atoms with van der Waals surface area (Å²) in [6, 6.07) is 25.6. The minimum Gasteiger partial charge on any atom is -0.466 e. The third kappa shape index (κ3) is 7.54. The second-order valence-corrected chi connectivity index (χ2v) is 10.7. The van der Waals surface area contributed by atoms with Gasteiger partial charge in [0.2, 0.25) is 0 Å². The highest BCUT2D eigenvalue weighted by Crippen LogP contribution is 2.40. The molecule has 3 aromatic carbocycles. The highest BCUT2D eigenvalue weighted by molar-refractivity contribution is 5.92. The lowest BCUT2D eigenvalue weighted by molar-refractivity contribution is -0.134. The molecule has 0 radical (unpaired) electrons. The van der Waals surface area contributed by atoms with Crippen molar-refractivity contribution >= 4 is 18.0 Å². The maximum atomic E-state index is 13.4. The Bertz CT molecular complexity index is 1800. The van der Waals surface area contributed by atoms with Gasteiger partial charge in [0.25, 0.3) is 5.91 Å². The van der Waals surface area contributed by atoms with Crippen molar-refractivity contribution in [3.8, 4) is 17.1 Å². The van der Waals surface area contributed by atoms with Gasteiger partial charge >= 0.3 is 5.97 Å². The molecule has 2 N–H and O–H groups in total. The highest BCUT2D eigenvalue weighted by Gasteiger charge is 2.37. The van der Waals surface area contributed by atoms with E-state index < -0.39 is 5.97 Å². The molecular weight excluding hydrogens is 571 g/mol. The second kappa shape index (κ2) is 13.4. The average molecular weight is 603 g/mol. The Morgan fingerprint density at radius 2 is 1.78 bits per heavy atom. The van der Waals surface area contributed by atoms with Crippen molar-refractivity contribution < 1.29 is 18.7 Å². The number of halogens is 1. The van der Waals surface area contributed by atoms with Crippen molar-refractivity contribution in [3.63, 3.8) is 0 Å². The van der Waals surface area contributed by atoms with Crippen LogP contribution >= 0.6 is 0 Å². The van der Waals surface area contributed by atoms with Gasteiger partial charge in [0.05, 0.1) is 18.5 Å². The zero-order chi connectivity index (χ0) is 31.2.